The lowest BCUT2D eigenvalue weighted by Crippen LogP contribution is -2.20. The van der Waals surface area contributed by atoms with Gasteiger partial charge < -0.3 is 10.7 Å². The van der Waals surface area contributed by atoms with Crippen LogP contribution in [0.3, 0.4) is 0 Å². The maximum atomic E-state index is 12.0. The van der Waals surface area contributed by atoms with Gasteiger partial charge in [0, 0.05) is 6.07 Å². The van der Waals surface area contributed by atoms with E-state index in [0.717, 1.165) is 0 Å². The quantitative estimate of drug-likeness (QED) is 0.671. The van der Waals surface area contributed by atoms with Gasteiger partial charge in [-0.15, -0.1) is 0 Å². The number of aromatic amines is 1. The summed E-state index contributed by atoms with van der Waals surface area (Å²) < 4.78 is 36.1. The van der Waals surface area contributed by atoms with Crippen molar-refractivity contribution in [3.63, 3.8) is 0 Å². The Morgan fingerprint density at radius 1 is 1.54 bits per heavy atom. The summed E-state index contributed by atoms with van der Waals surface area (Å²) >= 11 is 0. The molecule has 0 saturated carbocycles. The lowest BCUT2D eigenvalue weighted by atomic mass is 10.4. The maximum absolute atomic E-state index is 12.0. The second-order valence-electron chi connectivity index (χ2n) is 2.28. The van der Waals surface area contributed by atoms with Gasteiger partial charge in [-0.2, -0.15) is 13.2 Å². The van der Waals surface area contributed by atoms with Crippen LogP contribution in [0.4, 0.5) is 13.2 Å². The first-order chi connectivity index (χ1) is 5.93. The van der Waals surface area contributed by atoms with Gasteiger partial charge in [0.05, 0.1) is 6.54 Å². The van der Waals surface area contributed by atoms with E-state index in [2.05, 4.69) is 9.97 Å². The summed E-state index contributed by atoms with van der Waals surface area (Å²) in [5, 5.41) is 0. The Hall–Kier alpha value is -1.37. The molecule has 0 aromatic carbocycles. The van der Waals surface area contributed by atoms with Crippen molar-refractivity contribution in [3.05, 3.63) is 27.9 Å². The van der Waals surface area contributed by atoms with Crippen LogP contribution in [0.15, 0.2) is 10.9 Å². The minimum Gasteiger partial charge on any atom is -0.324 e. The molecule has 0 spiro atoms. The molecule has 0 aliphatic carbocycles. The fraction of sp³-hybridized carbons (Fsp3) is 0.333. The summed E-state index contributed by atoms with van der Waals surface area (Å²) in [6, 6.07) is 0.388. The molecule has 4 nitrogen and oxygen atoms in total. The van der Waals surface area contributed by atoms with E-state index in [1.54, 1.807) is 0 Å². The first-order valence-corrected chi connectivity index (χ1v) is 3.31. The molecule has 0 amide bonds. The van der Waals surface area contributed by atoms with Gasteiger partial charge in [-0.05, 0) is 0 Å². The summed E-state index contributed by atoms with van der Waals surface area (Å²) in [5.74, 6) is -0.181. The molecule has 0 bridgehead atoms. The first-order valence-electron chi connectivity index (χ1n) is 3.31. The van der Waals surface area contributed by atoms with Crippen LogP contribution in [-0.2, 0) is 12.7 Å². The fourth-order valence-corrected chi connectivity index (χ4v) is 0.750. The summed E-state index contributed by atoms with van der Waals surface area (Å²) in [6.07, 6.45) is -4.61. The molecule has 0 saturated heterocycles. The third-order valence-electron chi connectivity index (χ3n) is 1.27. The van der Waals surface area contributed by atoms with Crippen LogP contribution in [0, 0.1) is 0 Å². The lowest BCUT2D eigenvalue weighted by molar-refractivity contribution is -0.141. The highest BCUT2D eigenvalue weighted by Gasteiger charge is 2.33. The van der Waals surface area contributed by atoms with Crippen molar-refractivity contribution in [1.82, 2.24) is 9.97 Å². The molecule has 0 atom stereocenters. The van der Waals surface area contributed by atoms with E-state index >= 15 is 0 Å². The van der Waals surface area contributed by atoms with Gasteiger partial charge in [0.25, 0.3) is 5.56 Å². The Bertz CT molecular complexity index is 357. The maximum Gasteiger partial charge on any atom is 0.433 e. The minimum absolute atomic E-state index is 0.181. The molecule has 1 aromatic rings. The van der Waals surface area contributed by atoms with Crippen molar-refractivity contribution in [3.8, 4) is 0 Å². The van der Waals surface area contributed by atoms with Crippen molar-refractivity contribution < 1.29 is 13.2 Å². The standard InChI is InChI=1S/C6H6F3N3O/c7-6(8,9)3-1-5(13)12-4(2-10)11-3/h1H,2,10H2,(H,11,12,13). The fourth-order valence-electron chi connectivity index (χ4n) is 0.750. The van der Waals surface area contributed by atoms with Crippen LogP contribution in [0.1, 0.15) is 11.5 Å². The molecular weight excluding hydrogens is 187 g/mol. The smallest absolute Gasteiger partial charge is 0.324 e. The monoisotopic (exact) mass is 193 g/mol. The normalized spacial score (nSPS) is 11.7. The van der Waals surface area contributed by atoms with Gasteiger partial charge in [-0.1, -0.05) is 0 Å². The van der Waals surface area contributed by atoms with Crippen molar-refractivity contribution in [1.29, 1.82) is 0 Å². The number of halogens is 3. The SMILES string of the molecule is NCc1nc(C(F)(F)F)cc(=O)[nH]1. The third kappa shape index (κ3) is 2.28. The Morgan fingerprint density at radius 3 is 2.62 bits per heavy atom. The Labute approximate surface area is 70.6 Å². The number of hydrogen-bond donors (Lipinski definition) is 2. The molecule has 72 valence electrons. The van der Waals surface area contributed by atoms with E-state index < -0.39 is 17.4 Å². The van der Waals surface area contributed by atoms with Crippen molar-refractivity contribution in [2.45, 2.75) is 12.7 Å². The first kappa shape index (κ1) is 9.72. The van der Waals surface area contributed by atoms with Gasteiger partial charge in [0.15, 0.2) is 5.69 Å². The number of H-pyrrole nitrogens is 1. The highest BCUT2D eigenvalue weighted by atomic mass is 19.4. The van der Waals surface area contributed by atoms with Gasteiger partial charge in [0.2, 0.25) is 0 Å². The molecule has 0 aliphatic heterocycles. The summed E-state index contributed by atoms with van der Waals surface area (Å²) in [5.41, 5.74) is 2.95. The summed E-state index contributed by atoms with van der Waals surface area (Å²) in [4.78, 5) is 15.9. The number of nitrogens with two attached hydrogens (primary N) is 1. The molecule has 0 unspecified atom stereocenters. The molecular formula is C6H6F3N3O. The molecule has 1 rings (SSSR count). The van der Waals surface area contributed by atoms with E-state index in [1.165, 1.54) is 0 Å². The van der Waals surface area contributed by atoms with E-state index in [1.807, 2.05) is 0 Å². The van der Waals surface area contributed by atoms with Crippen molar-refractivity contribution in [2.75, 3.05) is 0 Å². The Kier molecular flexibility index (Phi) is 2.37. The number of alkyl halides is 3. The molecule has 13 heavy (non-hydrogen) atoms. The topological polar surface area (TPSA) is 71.8 Å². The van der Waals surface area contributed by atoms with Crippen LogP contribution in [0.2, 0.25) is 0 Å². The number of nitrogens with zero attached hydrogens (tertiary/aromatic N) is 1. The average Bonchev–Trinajstić information content (AvgIpc) is 2.01. The number of aromatic nitrogens is 2. The van der Waals surface area contributed by atoms with Crippen LogP contribution in [0.5, 0.6) is 0 Å². The number of hydrogen-bond acceptors (Lipinski definition) is 3. The van der Waals surface area contributed by atoms with Crippen LogP contribution in [0.25, 0.3) is 0 Å². The molecule has 0 aliphatic rings. The summed E-state index contributed by atoms with van der Waals surface area (Å²) in [7, 11) is 0. The lowest BCUT2D eigenvalue weighted by Gasteiger charge is -2.05. The number of nitrogens with one attached hydrogen (secondary N) is 1. The molecule has 3 N–H and O–H groups in total. The zero-order valence-corrected chi connectivity index (χ0v) is 6.35. The van der Waals surface area contributed by atoms with Crippen molar-refractivity contribution >= 4 is 0 Å². The average molecular weight is 193 g/mol. The van der Waals surface area contributed by atoms with Gasteiger partial charge >= 0.3 is 6.18 Å². The minimum atomic E-state index is -4.61. The molecule has 7 heteroatoms. The van der Waals surface area contributed by atoms with Crippen molar-refractivity contribution in [2.24, 2.45) is 5.73 Å². The van der Waals surface area contributed by atoms with E-state index in [-0.39, 0.29) is 12.4 Å². The molecule has 0 radical (unpaired) electrons. The van der Waals surface area contributed by atoms with Crippen LogP contribution in [-0.4, -0.2) is 9.97 Å². The second kappa shape index (κ2) is 3.17. The zero-order chi connectivity index (χ0) is 10.1. The van der Waals surface area contributed by atoms with Gasteiger partial charge in [-0.25, -0.2) is 4.98 Å². The van der Waals surface area contributed by atoms with Crippen LogP contribution >= 0.6 is 0 Å². The third-order valence-corrected chi connectivity index (χ3v) is 1.27. The van der Waals surface area contributed by atoms with E-state index in [0.29, 0.717) is 6.07 Å². The number of rotatable bonds is 1. The predicted molar refractivity (Wildman–Crippen MR) is 37.8 cm³/mol. The Morgan fingerprint density at radius 2 is 2.15 bits per heavy atom. The molecule has 1 heterocycles. The van der Waals surface area contributed by atoms with Gasteiger partial charge in [-0.3, -0.25) is 4.79 Å². The zero-order valence-electron chi connectivity index (χ0n) is 6.35. The van der Waals surface area contributed by atoms with Crippen LogP contribution < -0.4 is 11.3 Å². The van der Waals surface area contributed by atoms with E-state index in [4.69, 9.17) is 5.73 Å². The highest BCUT2D eigenvalue weighted by Crippen LogP contribution is 2.26. The molecule has 1 aromatic heterocycles. The largest absolute Gasteiger partial charge is 0.433 e. The summed E-state index contributed by atoms with van der Waals surface area (Å²) in [6.45, 7) is -0.237. The highest BCUT2D eigenvalue weighted by molar-refractivity contribution is 5.06. The van der Waals surface area contributed by atoms with Gasteiger partial charge in [0.1, 0.15) is 5.82 Å². The second-order valence-corrected chi connectivity index (χ2v) is 2.28. The Balaban J connectivity index is 3.24. The van der Waals surface area contributed by atoms with E-state index in [9.17, 15) is 18.0 Å². The predicted octanol–water partition coefficient (Wildman–Crippen LogP) is 0.247. The molecule has 0 fully saturated rings.